The molecular formula is C43H47ClN2O4S2. The second-order valence-corrected chi connectivity index (χ2v) is 16.1. The molecule has 0 fully saturated rings. The molecule has 6 aromatic carbocycles. The number of rotatable bonds is 12. The number of fused-ring (bicyclic) bond motifs is 2. The minimum absolute atomic E-state index is 0. The van der Waals surface area contributed by atoms with Gasteiger partial charge in [-0.05, 0) is 100 Å². The predicted octanol–water partition coefficient (Wildman–Crippen LogP) is 10.0. The predicted molar refractivity (Wildman–Crippen MR) is 222 cm³/mol. The van der Waals surface area contributed by atoms with E-state index in [0.29, 0.717) is 6.54 Å². The third kappa shape index (κ3) is 12.9. The highest BCUT2D eigenvalue weighted by molar-refractivity contribution is 8.13. The Kier molecular flexibility index (Phi) is 16.5. The van der Waals surface area contributed by atoms with Crippen LogP contribution in [0.1, 0.15) is 42.5 Å². The summed E-state index contributed by atoms with van der Waals surface area (Å²) >= 11 is 0. The normalized spacial score (nSPS) is 11.0. The largest absolute Gasteiger partial charge is 0.330 e. The summed E-state index contributed by atoms with van der Waals surface area (Å²) in [6.45, 7) is 8.39. The molecule has 0 saturated heterocycles. The molecule has 0 radical (unpaired) electrons. The van der Waals surface area contributed by atoms with Crippen LogP contribution in [0.25, 0.3) is 33.7 Å². The average Bonchev–Trinajstić information content (AvgIpc) is 3.15. The number of sulfonamides is 1. The van der Waals surface area contributed by atoms with E-state index in [1.54, 1.807) is 48.6 Å². The number of hydrogen-bond donors (Lipinski definition) is 2. The van der Waals surface area contributed by atoms with Gasteiger partial charge in [-0.3, -0.25) is 0 Å². The van der Waals surface area contributed by atoms with Gasteiger partial charge in [0, 0.05) is 17.2 Å². The molecule has 52 heavy (non-hydrogen) atoms. The first kappa shape index (κ1) is 41.8. The van der Waals surface area contributed by atoms with Crippen LogP contribution < -0.4 is 10.5 Å². The topological polar surface area (TPSA) is 106 Å². The molecule has 0 spiro atoms. The minimum atomic E-state index is -3.59. The quantitative estimate of drug-likeness (QED) is 0.0956. The van der Waals surface area contributed by atoms with Crippen molar-refractivity contribution < 1.29 is 16.8 Å². The first-order valence-electron chi connectivity index (χ1n) is 16.6. The lowest BCUT2D eigenvalue weighted by Crippen LogP contribution is -2.25. The molecule has 0 amide bonds. The minimum Gasteiger partial charge on any atom is -0.330 e. The van der Waals surface area contributed by atoms with Crippen LogP contribution >= 0.6 is 10.7 Å². The van der Waals surface area contributed by atoms with Crippen molar-refractivity contribution in [3.8, 4) is 0 Å². The summed E-state index contributed by atoms with van der Waals surface area (Å²) in [5, 5.41) is 5.06. The van der Waals surface area contributed by atoms with Crippen molar-refractivity contribution >= 4 is 63.5 Å². The number of nitrogens with one attached hydrogen (secondary N) is 1. The Morgan fingerprint density at radius 3 is 1.42 bits per heavy atom. The Hall–Kier alpha value is -4.57. The third-order valence-corrected chi connectivity index (χ3v) is 10.9. The van der Waals surface area contributed by atoms with Crippen LogP contribution in [-0.4, -0.2) is 29.9 Å². The Morgan fingerprint density at radius 1 is 0.577 bits per heavy atom. The molecule has 0 saturated carbocycles. The molecule has 0 aromatic heterocycles. The van der Waals surface area contributed by atoms with Crippen LogP contribution in [0.5, 0.6) is 0 Å². The number of hydrogen-bond acceptors (Lipinski definition) is 5. The van der Waals surface area contributed by atoms with E-state index >= 15 is 0 Å². The summed E-state index contributed by atoms with van der Waals surface area (Å²) in [6, 6.07) is 42.5. The Bertz CT molecular complexity index is 2270. The summed E-state index contributed by atoms with van der Waals surface area (Å²) in [4.78, 5) is 0.388. The van der Waals surface area contributed by atoms with Gasteiger partial charge in [-0.15, -0.1) is 0 Å². The summed E-state index contributed by atoms with van der Waals surface area (Å²) in [6.07, 6.45) is 7.06. The van der Waals surface area contributed by atoms with Crippen molar-refractivity contribution in [3.05, 3.63) is 169 Å². The third-order valence-electron chi connectivity index (χ3n) is 8.06. The molecule has 9 heteroatoms. The smallest absolute Gasteiger partial charge is 0.261 e. The molecule has 0 aliphatic heterocycles. The lowest BCUT2D eigenvalue weighted by molar-refractivity contribution is 0.579. The molecule has 0 bridgehead atoms. The van der Waals surface area contributed by atoms with Gasteiger partial charge in [-0.2, -0.15) is 0 Å². The zero-order chi connectivity index (χ0) is 36.7. The zero-order valence-electron chi connectivity index (χ0n) is 28.4. The number of aryl methyl sites for hydroxylation is 2. The Balaban J connectivity index is 0.000000229. The maximum atomic E-state index is 12.3. The van der Waals surface area contributed by atoms with E-state index in [-0.39, 0.29) is 17.2 Å². The Morgan fingerprint density at radius 2 is 1.00 bits per heavy atom. The molecule has 6 aromatic rings. The van der Waals surface area contributed by atoms with Crippen molar-refractivity contribution in [2.24, 2.45) is 5.73 Å². The van der Waals surface area contributed by atoms with Crippen LogP contribution in [-0.2, 0) is 31.9 Å². The first-order chi connectivity index (χ1) is 24.5. The molecule has 0 atom stereocenters. The van der Waals surface area contributed by atoms with Gasteiger partial charge in [0.2, 0.25) is 10.0 Å². The molecule has 0 aliphatic rings. The van der Waals surface area contributed by atoms with Crippen LogP contribution in [0, 0.1) is 0 Å². The number of nitrogens with two attached hydrogens (primary N) is 1. The standard InChI is InChI=1S/C21H21NO2S.C13H15N.C8H7ClO2S.CH4/c1-2-17-10-13-21(14-11-17)25(23,24)22-15-5-6-18-9-12-19-7-3-4-8-20(19)16-18;14-9-3-4-11-7-8-12-5-1-2-6-13(12)10-11;1-2-7-3-5-8(6-4-7)12(9,10)11;/h2-4,7-14,16,22H,1,5-6,15H2;1-2,5-8,10H,3-4,9,14H2;2-6H,1H2;1H4. The van der Waals surface area contributed by atoms with Gasteiger partial charge in [-0.25, -0.2) is 21.6 Å². The molecule has 0 aliphatic carbocycles. The molecular weight excluding hydrogens is 708 g/mol. The van der Waals surface area contributed by atoms with E-state index in [2.05, 4.69) is 90.7 Å². The summed E-state index contributed by atoms with van der Waals surface area (Å²) in [7, 11) is -1.95. The fourth-order valence-electron chi connectivity index (χ4n) is 5.23. The van der Waals surface area contributed by atoms with Gasteiger partial charge in [-0.1, -0.05) is 142 Å². The molecule has 6 nitrogen and oxygen atoms in total. The van der Waals surface area contributed by atoms with Gasteiger partial charge in [0.05, 0.1) is 9.79 Å². The molecule has 272 valence electrons. The van der Waals surface area contributed by atoms with Gasteiger partial charge in [0.25, 0.3) is 9.05 Å². The molecule has 6 rings (SSSR count). The fraction of sp³-hybridized carbons (Fsp3) is 0.163. The number of benzene rings is 6. The van der Waals surface area contributed by atoms with E-state index in [1.807, 2.05) is 12.1 Å². The van der Waals surface area contributed by atoms with E-state index in [4.69, 9.17) is 16.4 Å². The summed E-state index contributed by atoms with van der Waals surface area (Å²) < 4.78 is 48.8. The summed E-state index contributed by atoms with van der Waals surface area (Å²) in [5.41, 5.74) is 9.85. The van der Waals surface area contributed by atoms with E-state index in [1.165, 1.54) is 44.8 Å². The lowest BCUT2D eigenvalue weighted by atomic mass is 10.0. The van der Waals surface area contributed by atoms with E-state index < -0.39 is 19.1 Å². The van der Waals surface area contributed by atoms with Crippen molar-refractivity contribution in [1.29, 1.82) is 0 Å². The van der Waals surface area contributed by atoms with Crippen LogP contribution in [0.2, 0.25) is 0 Å². The van der Waals surface area contributed by atoms with Crippen LogP contribution in [0.15, 0.2) is 156 Å². The maximum Gasteiger partial charge on any atom is 0.261 e. The van der Waals surface area contributed by atoms with Crippen LogP contribution in [0.3, 0.4) is 0 Å². The Labute approximate surface area is 314 Å². The molecule has 3 N–H and O–H groups in total. The fourth-order valence-corrected chi connectivity index (χ4v) is 7.07. The van der Waals surface area contributed by atoms with Crippen LogP contribution in [0.4, 0.5) is 0 Å². The van der Waals surface area contributed by atoms with Gasteiger partial charge in [0.1, 0.15) is 0 Å². The van der Waals surface area contributed by atoms with Crippen molar-refractivity contribution in [2.75, 3.05) is 13.1 Å². The highest BCUT2D eigenvalue weighted by Gasteiger charge is 2.12. The van der Waals surface area contributed by atoms with Crippen molar-refractivity contribution in [1.82, 2.24) is 4.72 Å². The average molecular weight is 755 g/mol. The first-order valence-corrected chi connectivity index (χ1v) is 20.4. The highest BCUT2D eigenvalue weighted by atomic mass is 35.7. The van der Waals surface area contributed by atoms with E-state index in [9.17, 15) is 16.8 Å². The second kappa shape index (κ2) is 20.5. The molecule has 0 unspecified atom stereocenters. The van der Waals surface area contributed by atoms with E-state index in [0.717, 1.165) is 43.4 Å². The second-order valence-electron chi connectivity index (χ2n) is 11.7. The highest BCUT2D eigenvalue weighted by Crippen LogP contribution is 2.18. The lowest BCUT2D eigenvalue weighted by Gasteiger charge is -2.08. The monoisotopic (exact) mass is 754 g/mol. The van der Waals surface area contributed by atoms with Gasteiger partial charge in [0.15, 0.2) is 0 Å². The number of halogens is 1. The van der Waals surface area contributed by atoms with Gasteiger partial charge < -0.3 is 5.73 Å². The van der Waals surface area contributed by atoms with Gasteiger partial charge >= 0.3 is 0 Å². The zero-order valence-corrected chi connectivity index (χ0v) is 30.8. The van der Waals surface area contributed by atoms with Crippen molar-refractivity contribution in [2.45, 2.75) is 42.9 Å². The summed E-state index contributed by atoms with van der Waals surface area (Å²) in [5.74, 6) is 0. The maximum absolute atomic E-state index is 12.3. The van der Waals surface area contributed by atoms with Crippen molar-refractivity contribution in [3.63, 3.8) is 0 Å². The SMILES string of the molecule is C.C=Cc1ccc(S(=O)(=O)Cl)cc1.C=Cc1ccc(S(=O)(=O)NCCCc2ccc3ccccc3c2)cc1.NCCCc1ccc2ccccc2c1. The molecule has 0 heterocycles.